The first-order valence-electron chi connectivity index (χ1n) is 5.10. The SMILES string of the molecule is COC(C)(C)CC(C#N)OC(C)C(C)O. The summed E-state index contributed by atoms with van der Waals surface area (Å²) in [6.45, 7) is 7.18. The lowest BCUT2D eigenvalue weighted by Gasteiger charge is -2.27. The first kappa shape index (κ1) is 14.4. The molecule has 0 radical (unpaired) electrons. The number of aliphatic hydroxyl groups excluding tert-OH is 1. The van der Waals surface area contributed by atoms with Gasteiger partial charge in [-0.05, 0) is 27.7 Å². The van der Waals surface area contributed by atoms with Crippen molar-refractivity contribution in [2.75, 3.05) is 7.11 Å². The normalized spacial score (nSPS) is 17.9. The van der Waals surface area contributed by atoms with Crippen LogP contribution < -0.4 is 0 Å². The van der Waals surface area contributed by atoms with E-state index >= 15 is 0 Å². The van der Waals surface area contributed by atoms with Crippen LogP contribution in [0.15, 0.2) is 0 Å². The van der Waals surface area contributed by atoms with Crippen molar-refractivity contribution in [1.29, 1.82) is 5.26 Å². The van der Waals surface area contributed by atoms with Crippen LogP contribution in [0, 0.1) is 11.3 Å². The number of hydrogen-bond donors (Lipinski definition) is 1. The molecule has 0 aliphatic carbocycles. The van der Waals surface area contributed by atoms with Gasteiger partial charge in [-0.3, -0.25) is 0 Å². The molecule has 0 fully saturated rings. The van der Waals surface area contributed by atoms with Gasteiger partial charge in [-0.25, -0.2) is 0 Å². The van der Waals surface area contributed by atoms with E-state index in [0.29, 0.717) is 6.42 Å². The first-order chi connectivity index (χ1) is 6.82. The van der Waals surface area contributed by atoms with Crippen molar-refractivity contribution in [2.45, 2.75) is 58.0 Å². The van der Waals surface area contributed by atoms with Gasteiger partial charge in [-0.2, -0.15) is 5.26 Å². The Morgan fingerprint density at radius 1 is 1.40 bits per heavy atom. The average Bonchev–Trinajstić information content (AvgIpc) is 2.16. The number of methoxy groups -OCH3 is 1. The Hall–Kier alpha value is -0.630. The highest BCUT2D eigenvalue weighted by Crippen LogP contribution is 2.18. The molecule has 0 heterocycles. The second-order valence-corrected chi connectivity index (χ2v) is 4.37. The van der Waals surface area contributed by atoms with Gasteiger partial charge in [-0.1, -0.05) is 0 Å². The Labute approximate surface area is 91.8 Å². The fourth-order valence-corrected chi connectivity index (χ4v) is 1.03. The van der Waals surface area contributed by atoms with E-state index in [9.17, 15) is 5.11 Å². The molecule has 0 spiro atoms. The third-order valence-electron chi connectivity index (χ3n) is 2.43. The van der Waals surface area contributed by atoms with Crippen LogP contribution in [0.25, 0.3) is 0 Å². The van der Waals surface area contributed by atoms with Crippen LogP contribution in [0.4, 0.5) is 0 Å². The Morgan fingerprint density at radius 3 is 2.27 bits per heavy atom. The fraction of sp³-hybridized carbons (Fsp3) is 0.909. The second-order valence-electron chi connectivity index (χ2n) is 4.37. The molecule has 0 rings (SSSR count). The Bertz CT molecular complexity index is 220. The van der Waals surface area contributed by atoms with E-state index in [1.54, 1.807) is 21.0 Å². The van der Waals surface area contributed by atoms with E-state index in [0.717, 1.165) is 0 Å². The predicted octanol–water partition coefficient (Wildman–Crippen LogP) is 1.48. The van der Waals surface area contributed by atoms with Crippen LogP contribution in [0.5, 0.6) is 0 Å². The minimum atomic E-state index is -0.577. The maximum absolute atomic E-state index is 9.26. The summed E-state index contributed by atoms with van der Waals surface area (Å²) in [5.74, 6) is 0. The number of hydrogen-bond acceptors (Lipinski definition) is 4. The molecule has 0 saturated heterocycles. The van der Waals surface area contributed by atoms with Crippen LogP contribution in [0.3, 0.4) is 0 Å². The topological polar surface area (TPSA) is 62.5 Å². The molecule has 3 unspecified atom stereocenters. The zero-order valence-electron chi connectivity index (χ0n) is 10.2. The van der Waals surface area contributed by atoms with Crippen LogP contribution in [-0.4, -0.2) is 36.1 Å². The van der Waals surface area contributed by atoms with Gasteiger partial charge in [0.2, 0.25) is 0 Å². The molecule has 4 heteroatoms. The molecule has 0 bridgehead atoms. The van der Waals surface area contributed by atoms with Gasteiger partial charge in [0.25, 0.3) is 0 Å². The molecule has 0 saturated carbocycles. The van der Waals surface area contributed by atoms with Crippen molar-refractivity contribution in [3.8, 4) is 6.07 Å². The lowest BCUT2D eigenvalue weighted by Crippen LogP contribution is -2.34. The molecular weight excluding hydrogens is 194 g/mol. The van der Waals surface area contributed by atoms with Gasteiger partial charge < -0.3 is 14.6 Å². The molecule has 0 aliphatic heterocycles. The zero-order chi connectivity index (χ0) is 12.1. The molecular formula is C11H21NO3. The minimum Gasteiger partial charge on any atom is -0.391 e. The van der Waals surface area contributed by atoms with E-state index in [2.05, 4.69) is 6.07 Å². The number of nitrogens with zero attached hydrogens (tertiary/aromatic N) is 1. The highest BCUT2D eigenvalue weighted by atomic mass is 16.5. The van der Waals surface area contributed by atoms with Crippen LogP contribution in [-0.2, 0) is 9.47 Å². The number of ether oxygens (including phenoxy) is 2. The monoisotopic (exact) mass is 215 g/mol. The van der Waals surface area contributed by atoms with Gasteiger partial charge >= 0.3 is 0 Å². The van der Waals surface area contributed by atoms with E-state index in [1.807, 2.05) is 13.8 Å². The lowest BCUT2D eigenvalue weighted by atomic mass is 10.0. The predicted molar refractivity (Wildman–Crippen MR) is 57.3 cm³/mol. The van der Waals surface area contributed by atoms with Crippen molar-refractivity contribution >= 4 is 0 Å². The third kappa shape index (κ3) is 5.73. The van der Waals surface area contributed by atoms with E-state index in [-0.39, 0.29) is 6.10 Å². The largest absolute Gasteiger partial charge is 0.391 e. The summed E-state index contributed by atoms with van der Waals surface area (Å²) in [7, 11) is 1.60. The summed E-state index contributed by atoms with van der Waals surface area (Å²) in [4.78, 5) is 0. The highest BCUT2D eigenvalue weighted by Gasteiger charge is 2.25. The second kappa shape index (κ2) is 6.06. The van der Waals surface area contributed by atoms with Gasteiger partial charge in [0, 0.05) is 13.5 Å². The molecule has 15 heavy (non-hydrogen) atoms. The third-order valence-corrected chi connectivity index (χ3v) is 2.43. The molecule has 1 N–H and O–H groups in total. The maximum Gasteiger partial charge on any atom is 0.147 e. The molecule has 4 nitrogen and oxygen atoms in total. The summed E-state index contributed by atoms with van der Waals surface area (Å²) in [6, 6.07) is 2.06. The van der Waals surface area contributed by atoms with Crippen LogP contribution >= 0.6 is 0 Å². The molecule has 88 valence electrons. The summed E-state index contributed by atoms with van der Waals surface area (Å²) < 4.78 is 10.6. The summed E-state index contributed by atoms with van der Waals surface area (Å²) >= 11 is 0. The molecule has 0 amide bonds. The average molecular weight is 215 g/mol. The molecule has 0 aromatic heterocycles. The molecule has 0 aromatic rings. The molecule has 0 aromatic carbocycles. The highest BCUT2D eigenvalue weighted by molar-refractivity contribution is 4.90. The van der Waals surface area contributed by atoms with Gasteiger partial charge in [0.15, 0.2) is 0 Å². The van der Waals surface area contributed by atoms with E-state index in [1.165, 1.54) is 0 Å². The van der Waals surface area contributed by atoms with Gasteiger partial charge in [-0.15, -0.1) is 0 Å². The fourth-order valence-electron chi connectivity index (χ4n) is 1.03. The quantitative estimate of drug-likeness (QED) is 0.729. The van der Waals surface area contributed by atoms with Crippen molar-refractivity contribution in [3.05, 3.63) is 0 Å². The van der Waals surface area contributed by atoms with Crippen molar-refractivity contribution in [2.24, 2.45) is 0 Å². The van der Waals surface area contributed by atoms with Crippen molar-refractivity contribution in [3.63, 3.8) is 0 Å². The lowest BCUT2D eigenvalue weighted by molar-refractivity contribution is -0.0761. The molecule has 3 atom stereocenters. The maximum atomic E-state index is 9.26. The first-order valence-corrected chi connectivity index (χ1v) is 5.10. The van der Waals surface area contributed by atoms with Gasteiger partial charge in [0.1, 0.15) is 6.10 Å². The Kier molecular flexibility index (Phi) is 5.81. The van der Waals surface area contributed by atoms with Gasteiger partial charge in [0.05, 0.1) is 23.9 Å². The summed E-state index contributed by atoms with van der Waals surface area (Å²) in [5.41, 5.74) is -0.390. The van der Waals surface area contributed by atoms with Crippen molar-refractivity contribution in [1.82, 2.24) is 0 Å². The van der Waals surface area contributed by atoms with Crippen molar-refractivity contribution < 1.29 is 14.6 Å². The Morgan fingerprint density at radius 2 is 1.93 bits per heavy atom. The summed E-state index contributed by atoms with van der Waals surface area (Å²) in [5, 5.41) is 18.2. The number of nitriles is 1. The molecule has 0 aliphatic rings. The Balaban J connectivity index is 4.23. The minimum absolute atomic E-state index is 0.345. The van der Waals surface area contributed by atoms with E-state index < -0.39 is 17.8 Å². The standard InChI is InChI=1S/C11H21NO3/c1-8(13)9(2)15-10(7-12)6-11(3,4)14-5/h8-10,13H,6H2,1-5H3. The van der Waals surface area contributed by atoms with E-state index in [4.69, 9.17) is 14.7 Å². The smallest absolute Gasteiger partial charge is 0.147 e. The van der Waals surface area contributed by atoms with Crippen LogP contribution in [0.1, 0.15) is 34.1 Å². The van der Waals surface area contributed by atoms with Crippen LogP contribution in [0.2, 0.25) is 0 Å². The number of rotatable bonds is 6. The number of aliphatic hydroxyl groups is 1. The summed E-state index contributed by atoms with van der Waals surface area (Å²) in [6.07, 6.45) is -0.991. The zero-order valence-corrected chi connectivity index (χ0v) is 10.2.